The summed E-state index contributed by atoms with van der Waals surface area (Å²) in [7, 11) is 0. The quantitative estimate of drug-likeness (QED) is 0.252. The fourth-order valence-electron chi connectivity index (χ4n) is 2.85. The Balaban J connectivity index is 0.00000240. The third-order valence-electron chi connectivity index (χ3n) is 4.29. The fraction of sp³-hybridized carbons (Fsp3) is 0.0435. The van der Waals surface area contributed by atoms with Crippen molar-refractivity contribution in [1.29, 1.82) is 0 Å². The minimum Gasteiger partial charge on any atom is -0.505 e. The van der Waals surface area contributed by atoms with Gasteiger partial charge in [0.1, 0.15) is 5.69 Å². The first kappa shape index (κ1) is 21.0. The van der Waals surface area contributed by atoms with E-state index in [2.05, 4.69) is 26.5 Å². The number of azo groups is 2. The van der Waals surface area contributed by atoms with Gasteiger partial charge in [-0.1, -0.05) is 42.5 Å². The summed E-state index contributed by atoms with van der Waals surface area (Å²) >= 11 is 0. The SMILES string of the molecule is Cc1cc(N=Nc2[c-]cc(N=Nc3ccccc3)cc2)c(O)c2ccccc12.[Y]. The molecule has 4 rings (SSSR count). The van der Waals surface area contributed by atoms with E-state index in [1.54, 1.807) is 18.2 Å². The molecule has 0 unspecified atom stereocenters. The molecule has 4 aromatic rings. The maximum absolute atomic E-state index is 10.5. The molecule has 0 atom stereocenters. The normalized spacial score (nSPS) is 11.2. The van der Waals surface area contributed by atoms with Crippen molar-refractivity contribution >= 4 is 33.5 Å². The zero-order valence-corrected chi connectivity index (χ0v) is 18.7. The van der Waals surface area contributed by atoms with Crippen LogP contribution in [0.3, 0.4) is 0 Å². The van der Waals surface area contributed by atoms with Crippen molar-refractivity contribution in [1.82, 2.24) is 0 Å². The minimum absolute atomic E-state index is 0. The average Bonchev–Trinajstić information content (AvgIpc) is 2.75. The Morgan fingerprint density at radius 1 is 0.724 bits per heavy atom. The number of hydrogen-bond acceptors (Lipinski definition) is 5. The Morgan fingerprint density at radius 2 is 1.41 bits per heavy atom. The zero-order chi connectivity index (χ0) is 19.3. The summed E-state index contributed by atoms with van der Waals surface area (Å²) in [6.45, 7) is 1.99. The molecule has 5 nitrogen and oxygen atoms in total. The van der Waals surface area contributed by atoms with E-state index in [-0.39, 0.29) is 38.5 Å². The van der Waals surface area contributed by atoms with Crippen LogP contribution in [0, 0.1) is 13.0 Å². The topological polar surface area (TPSA) is 69.7 Å². The summed E-state index contributed by atoms with van der Waals surface area (Å²) in [5.74, 6) is 0.123. The van der Waals surface area contributed by atoms with Gasteiger partial charge >= 0.3 is 0 Å². The predicted molar refractivity (Wildman–Crippen MR) is 110 cm³/mol. The Bertz CT molecular complexity index is 1170. The van der Waals surface area contributed by atoms with Crippen LogP contribution in [-0.2, 0) is 32.7 Å². The zero-order valence-electron chi connectivity index (χ0n) is 15.8. The largest absolute Gasteiger partial charge is 0.505 e. The molecule has 0 aliphatic rings. The van der Waals surface area contributed by atoms with Crippen LogP contribution in [-0.4, -0.2) is 5.11 Å². The number of nitrogens with zero attached hydrogens (tertiary/aromatic N) is 4. The van der Waals surface area contributed by atoms with Gasteiger partial charge in [-0.25, -0.2) is 5.11 Å². The first-order valence-corrected chi connectivity index (χ1v) is 8.82. The molecule has 0 saturated carbocycles. The van der Waals surface area contributed by atoms with E-state index in [9.17, 15) is 5.11 Å². The van der Waals surface area contributed by atoms with E-state index >= 15 is 0 Å². The Kier molecular flexibility index (Phi) is 6.96. The maximum Gasteiger partial charge on any atom is 0.150 e. The van der Waals surface area contributed by atoms with Gasteiger partial charge < -0.3 is 5.11 Å². The van der Waals surface area contributed by atoms with E-state index in [0.29, 0.717) is 17.1 Å². The van der Waals surface area contributed by atoms with Crippen molar-refractivity contribution in [3.05, 3.63) is 90.5 Å². The summed E-state index contributed by atoms with van der Waals surface area (Å²) in [5, 5.41) is 29.0. The molecule has 1 radical (unpaired) electrons. The molecule has 0 saturated heterocycles. The smallest absolute Gasteiger partial charge is 0.150 e. The Hall–Kier alpha value is -2.76. The first-order chi connectivity index (χ1) is 13.7. The molecule has 6 heteroatoms. The summed E-state index contributed by atoms with van der Waals surface area (Å²) < 4.78 is 0. The third kappa shape index (κ3) is 5.00. The van der Waals surface area contributed by atoms with Crippen molar-refractivity contribution in [2.45, 2.75) is 6.92 Å². The van der Waals surface area contributed by atoms with Gasteiger partial charge in [-0.05, 0) is 47.4 Å². The molecule has 0 fully saturated rings. The summed E-state index contributed by atoms with van der Waals surface area (Å²) in [6, 6.07) is 27.3. The molecule has 29 heavy (non-hydrogen) atoms. The van der Waals surface area contributed by atoms with Crippen molar-refractivity contribution in [3.63, 3.8) is 0 Å². The second kappa shape index (κ2) is 9.63. The summed E-state index contributed by atoms with van der Waals surface area (Å²) in [6.07, 6.45) is 0. The van der Waals surface area contributed by atoms with Gasteiger partial charge in [0.25, 0.3) is 0 Å². The predicted octanol–water partition coefficient (Wildman–Crippen LogP) is 7.48. The van der Waals surface area contributed by atoms with Crippen LogP contribution in [0.2, 0.25) is 0 Å². The molecule has 4 aromatic carbocycles. The van der Waals surface area contributed by atoms with Crippen molar-refractivity contribution in [3.8, 4) is 5.75 Å². The molecule has 0 amide bonds. The maximum atomic E-state index is 10.5. The number of phenols is 1. The minimum atomic E-state index is 0. The second-order valence-electron chi connectivity index (χ2n) is 6.27. The van der Waals surface area contributed by atoms with Crippen LogP contribution >= 0.6 is 0 Å². The number of rotatable bonds is 4. The number of fused-ring (bicyclic) bond motifs is 1. The van der Waals surface area contributed by atoms with Gasteiger partial charge in [-0.15, -0.1) is 23.3 Å². The number of hydrogen-bond donors (Lipinski definition) is 1. The first-order valence-electron chi connectivity index (χ1n) is 8.82. The molecule has 139 valence electrons. The molecule has 0 aliphatic heterocycles. The summed E-state index contributed by atoms with van der Waals surface area (Å²) in [4.78, 5) is 0. The van der Waals surface area contributed by atoms with Crippen molar-refractivity contribution < 1.29 is 37.8 Å². The Morgan fingerprint density at radius 3 is 2.14 bits per heavy atom. The average molecular weight is 454 g/mol. The van der Waals surface area contributed by atoms with Crippen molar-refractivity contribution in [2.75, 3.05) is 0 Å². The van der Waals surface area contributed by atoms with Crippen LogP contribution in [0.15, 0.2) is 99.3 Å². The second-order valence-corrected chi connectivity index (χ2v) is 6.27. The molecule has 0 heterocycles. The van der Waals surface area contributed by atoms with Crippen LogP contribution < -0.4 is 0 Å². The molecule has 0 spiro atoms. The van der Waals surface area contributed by atoms with E-state index in [1.807, 2.05) is 67.6 Å². The molecule has 0 aromatic heterocycles. The van der Waals surface area contributed by atoms with Gasteiger partial charge in [-0.3, -0.25) is 0 Å². The van der Waals surface area contributed by atoms with Crippen molar-refractivity contribution in [2.24, 2.45) is 20.5 Å². The van der Waals surface area contributed by atoms with Crippen LogP contribution in [0.5, 0.6) is 5.75 Å². The number of phenolic OH excluding ortho intramolecular Hbond substituents is 1. The Labute approximate surface area is 194 Å². The van der Waals surface area contributed by atoms with Gasteiger partial charge in [-0.2, -0.15) is 16.3 Å². The molecule has 0 bridgehead atoms. The van der Waals surface area contributed by atoms with Gasteiger partial charge in [0, 0.05) is 38.1 Å². The molecule has 0 aliphatic carbocycles. The van der Waals surface area contributed by atoms with E-state index < -0.39 is 0 Å². The van der Waals surface area contributed by atoms with E-state index in [0.717, 1.165) is 22.0 Å². The number of aryl methyl sites for hydroxylation is 1. The van der Waals surface area contributed by atoms with Gasteiger partial charge in [0.15, 0.2) is 5.75 Å². The van der Waals surface area contributed by atoms with Crippen LogP contribution in [0.4, 0.5) is 22.7 Å². The molecular formula is C23H17N4OY-. The fourth-order valence-corrected chi connectivity index (χ4v) is 2.85. The van der Waals surface area contributed by atoms with Crippen LogP contribution in [0.25, 0.3) is 10.8 Å². The standard InChI is InChI=1S/C23H17N4O.Y/c1-16-15-22(23(28)21-10-6-5-9-20(16)21)27-26-19-13-11-18(12-14-19)25-24-17-7-3-2-4-8-17;/h2-13,15,28H,1H3;/q-1;. The van der Waals surface area contributed by atoms with Gasteiger partial charge in [0.05, 0.1) is 5.69 Å². The molecule has 1 N–H and O–H groups in total. The van der Waals surface area contributed by atoms with Gasteiger partial charge in [0.2, 0.25) is 0 Å². The molecular weight excluding hydrogens is 437 g/mol. The third-order valence-corrected chi connectivity index (χ3v) is 4.29. The monoisotopic (exact) mass is 454 g/mol. The number of aromatic hydroxyl groups is 1. The number of benzene rings is 4. The van der Waals surface area contributed by atoms with E-state index in [1.165, 1.54) is 0 Å². The van der Waals surface area contributed by atoms with E-state index in [4.69, 9.17) is 0 Å². The van der Waals surface area contributed by atoms with Crippen LogP contribution in [0.1, 0.15) is 5.56 Å². The summed E-state index contributed by atoms with van der Waals surface area (Å²) in [5.41, 5.74) is 3.46.